The van der Waals surface area contributed by atoms with E-state index >= 15 is 0 Å². The zero-order chi connectivity index (χ0) is 14.4. The monoisotopic (exact) mass is 285 g/mol. The van der Waals surface area contributed by atoms with Gasteiger partial charge in [-0.2, -0.15) is 5.10 Å². The lowest BCUT2D eigenvalue weighted by molar-refractivity contribution is -0.136. The first-order chi connectivity index (χ1) is 8.90. The van der Waals surface area contributed by atoms with Crippen LogP contribution in [0.1, 0.15) is 33.2 Å². The predicted molar refractivity (Wildman–Crippen MR) is 75.4 cm³/mol. The van der Waals surface area contributed by atoms with E-state index in [0.29, 0.717) is 5.82 Å². The average Bonchev–Trinajstić information content (AvgIpc) is 2.73. The van der Waals surface area contributed by atoms with Crippen molar-refractivity contribution in [1.29, 1.82) is 0 Å². The van der Waals surface area contributed by atoms with E-state index in [-0.39, 0.29) is 29.4 Å². The van der Waals surface area contributed by atoms with Gasteiger partial charge in [0.25, 0.3) is 0 Å². The summed E-state index contributed by atoms with van der Waals surface area (Å²) in [7, 11) is 0. The highest BCUT2D eigenvalue weighted by molar-refractivity contribution is 8.00. The molecule has 1 aromatic rings. The molecule has 7 heteroatoms. The summed E-state index contributed by atoms with van der Waals surface area (Å²) in [4.78, 5) is 22.3. The zero-order valence-corrected chi connectivity index (χ0v) is 12.1. The van der Waals surface area contributed by atoms with E-state index in [1.807, 2.05) is 13.8 Å². The number of aromatic nitrogens is 2. The van der Waals surface area contributed by atoms with Crippen LogP contribution in [0.3, 0.4) is 0 Å². The first-order valence-corrected chi connectivity index (χ1v) is 7.11. The Hall–Kier alpha value is -1.50. The van der Waals surface area contributed by atoms with Crippen molar-refractivity contribution in [1.82, 2.24) is 9.78 Å². The van der Waals surface area contributed by atoms with Crippen molar-refractivity contribution in [2.45, 2.75) is 38.5 Å². The second-order valence-corrected chi connectivity index (χ2v) is 5.95. The molecule has 0 fully saturated rings. The van der Waals surface area contributed by atoms with Crippen molar-refractivity contribution < 1.29 is 14.7 Å². The Morgan fingerprint density at radius 2 is 2.16 bits per heavy atom. The highest BCUT2D eigenvalue weighted by Crippen LogP contribution is 2.16. The van der Waals surface area contributed by atoms with Gasteiger partial charge in [0.15, 0.2) is 0 Å². The largest absolute Gasteiger partial charge is 0.481 e. The number of nitrogens with zero attached hydrogens (tertiary/aromatic N) is 2. The molecule has 106 valence electrons. The molecular formula is C12H19N3O3S. The van der Waals surface area contributed by atoms with Crippen LogP contribution < -0.4 is 5.32 Å². The maximum Gasteiger partial charge on any atom is 0.304 e. The molecule has 2 N–H and O–H groups in total. The zero-order valence-electron chi connectivity index (χ0n) is 11.3. The first kappa shape index (κ1) is 15.6. The number of carbonyl (C=O) groups excluding carboxylic acids is 1. The second kappa shape index (κ2) is 7.18. The van der Waals surface area contributed by atoms with Crippen LogP contribution in [-0.2, 0) is 9.59 Å². The SMILES string of the molecule is CC(CC(=O)O)SCC(=O)Nc1ccnn1C(C)C. The van der Waals surface area contributed by atoms with Gasteiger partial charge < -0.3 is 10.4 Å². The first-order valence-electron chi connectivity index (χ1n) is 6.07. The summed E-state index contributed by atoms with van der Waals surface area (Å²) < 4.78 is 1.73. The van der Waals surface area contributed by atoms with E-state index in [0.717, 1.165) is 0 Å². The van der Waals surface area contributed by atoms with E-state index in [1.54, 1.807) is 23.9 Å². The number of nitrogens with one attached hydrogen (secondary N) is 1. The molecule has 0 saturated carbocycles. The van der Waals surface area contributed by atoms with Gasteiger partial charge in [-0.25, -0.2) is 4.68 Å². The third kappa shape index (κ3) is 5.34. The van der Waals surface area contributed by atoms with Gasteiger partial charge in [0.2, 0.25) is 5.91 Å². The standard InChI is InChI=1S/C12H19N3O3S/c1-8(2)15-10(4-5-13-15)14-11(16)7-19-9(3)6-12(17)18/h4-5,8-9H,6-7H2,1-3H3,(H,14,16)(H,17,18). The minimum Gasteiger partial charge on any atom is -0.481 e. The third-order valence-corrected chi connectivity index (χ3v) is 3.55. The molecule has 0 saturated heterocycles. The van der Waals surface area contributed by atoms with Crippen molar-refractivity contribution in [3.8, 4) is 0 Å². The van der Waals surface area contributed by atoms with Gasteiger partial charge in [-0.05, 0) is 13.8 Å². The lowest BCUT2D eigenvalue weighted by Gasteiger charge is -2.12. The molecular weight excluding hydrogens is 266 g/mol. The van der Waals surface area contributed by atoms with E-state index in [2.05, 4.69) is 10.4 Å². The summed E-state index contributed by atoms with van der Waals surface area (Å²) in [6, 6.07) is 1.91. The van der Waals surface area contributed by atoms with Crippen LogP contribution in [0.2, 0.25) is 0 Å². The van der Waals surface area contributed by atoms with Crippen molar-refractivity contribution >= 4 is 29.5 Å². The van der Waals surface area contributed by atoms with Crippen molar-refractivity contribution in [2.24, 2.45) is 0 Å². The van der Waals surface area contributed by atoms with E-state index in [1.165, 1.54) is 11.8 Å². The number of hydrogen-bond acceptors (Lipinski definition) is 4. The van der Waals surface area contributed by atoms with Gasteiger partial charge >= 0.3 is 5.97 Å². The minimum atomic E-state index is -0.849. The third-order valence-electron chi connectivity index (χ3n) is 2.39. The Labute approximate surface area is 116 Å². The highest BCUT2D eigenvalue weighted by atomic mass is 32.2. The van der Waals surface area contributed by atoms with Crippen molar-refractivity contribution in [3.05, 3.63) is 12.3 Å². The Bertz CT molecular complexity index is 445. The molecule has 0 aliphatic heterocycles. The molecule has 1 amide bonds. The molecule has 6 nitrogen and oxygen atoms in total. The predicted octanol–water partition coefficient (Wildman–Crippen LogP) is 2.00. The van der Waals surface area contributed by atoms with Crippen LogP contribution in [0.25, 0.3) is 0 Å². The average molecular weight is 285 g/mol. The number of anilines is 1. The maximum absolute atomic E-state index is 11.8. The van der Waals surface area contributed by atoms with E-state index < -0.39 is 5.97 Å². The van der Waals surface area contributed by atoms with Gasteiger partial charge in [-0.3, -0.25) is 9.59 Å². The van der Waals surface area contributed by atoms with Crippen LogP contribution in [0.4, 0.5) is 5.82 Å². The number of aliphatic carboxylic acids is 1. The summed E-state index contributed by atoms with van der Waals surface area (Å²) in [6.45, 7) is 5.75. The van der Waals surface area contributed by atoms with Crippen molar-refractivity contribution in [2.75, 3.05) is 11.1 Å². The summed E-state index contributed by atoms with van der Waals surface area (Å²) in [6.07, 6.45) is 1.69. The summed E-state index contributed by atoms with van der Waals surface area (Å²) in [5.41, 5.74) is 0. The highest BCUT2D eigenvalue weighted by Gasteiger charge is 2.13. The molecule has 0 radical (unpaired) electrons. The van der Waals surface area contributed by atoms with Crippen LogP contribution in [0.5, 0.6) is 0 Å². The maximum atomic E-state index is 11.8. The molecule has 0 aromatic carbocycles. The number of hydrogen-bond donors (Lipinski definition) is 2. The fraction of sp³-hybridized carbons (Fsp3) is 0.583. The van der Waals surface area contributed by atoms with Gasteiger partial charge in [0.05, 0.1) is 18.4 Å². The fourth-order valence-electron chi connectivity index (χ4n) is 1.53. The number of carboxylic acids is 1. The molecule has 1 aromatic heterocycles. The summed E-state index contributed by atoms with van der Waals surface area (Å²) in [5.74, 6) is -0.105. The molecule has 0 aliphatic rings. The molecule has 1 atom stereocenters. The van der Waals surface area contributed by atoms with Crippen LogP contribution in [0.15, 0.2) is 12.3 Å². The Kier molecular flexibility index (Phi) is 5.88. The Morgan fingerprint density at radius 3 is 2.74 bits per heavy atom. The Morgan fingerprint density at radius 1 is 1.47 bits per heavy atom. The van der Waals surface area contributed by atoms with Crippen LogP contribution in [-0.4, -0.2) is 37.8 Å². The van der Waals surface area contributed by atoms with Crippen LogP contribution >= 0.6 is 11.8 Å². The lowest BCUT2D eigenvalue weighted by Crippen LogP contribution is -2.19. The van der Waals surface area contributed by atoms with Gasteiger partial charge in [0, 0.05) is 17.4 Å². The molecule has 0 aliphatic carbocycles. The van der Waals surface area contributed by atoms with Gasteiger partial charge in [-0.1, -0.05) is 6.92 Å². The second-order valence-electron chi connectivity index (χ2n) is 4.52. The summed E-state index contributed by atoms with van der Waals surface area (Å²) >= 11 is 1.33. The molecule has 1 unspecified atom stereocenters. The number of carboxylic acid groups (broad SMARTS) is 1. The number of amides is 1. The number of thioether (sulfide) groups is 1. The van der Waals surface area contributed by atoms with Crippen LogP contribution in [0, 0.1) is 0 Å². The fourth-order valence-corrected chi connectivity index (χ4v) is 2.29. The molecule has 19 heavy (non-hydrogen) atoms. The molecule has 0 bridgehead atoms. The number of rotatable bonds is 7. The molecule has 1 heterocycles. The molecule has 0 spiro atoms. The smallest absolute Gasteiger partial charge is 0.304 e. The van der Waals surface area contributed by atoms with Gasteiger partial charge in [-0.15, -0.1) is 11.8 Å². The van der Waals surface area contributed by atoms with E-state index in [9.17, 15) is 9.59 Å². The quantitative estimate of drug-likeness (QED) is 0.800. The number of carbonyl (C=O) groups is 2. The topological polar surface area (TPSA) is 84.2 Å². The minimum absolute atomic E-state index is 0.0574. The summed E-state index contributed by atoms with van der Waals surface area (Å²) in [5, 5.41) is 15.4. The Balaban J connectivity index is 2.43. The van der Waals surface area contributed by atoms with Crippen molar-refractivity contribution in [3.63, 3.8) is 0 Å². The normalized spacial score (nSPS) is 12.4. The molecule has 1 rings (SSSR count). The lowest BCUT2D eigenvalue weighted by atomic mass is 10.3. The van der Waals surface area contributed by atoms with Gasteiger partial charge in [0.1, 0.15) is 5.82 Å². The van der Waals surface area contributed by atoms with E-state index in [4.69, 9.17) is 5.11 Å².